The topological polar surface area (TPSA) is 8.17 Å². The Kier molecular flexibility index (Phi) is 9.74. The highest BCUT2D eigenvalue weighted by Gasteiger charge is 2.44. The van der Waals surface area contributed by atoms with Gasteiger partial charge < -0.3 is 9.47 Å². The van der Waals surface area contributed by atoms with Crippen LogP contribution in [-0.2, 0) is 16.2 Å². The maximum atomic E-state index is 2.58. The molecule has 2 heteroatoms. The van der Waals surface area contributed by atoms with Crippen molar-refractivity contribution >= 4 is 38.9 Å². The Balaban J connectivity index is 0.865. The number of nitrogens with zero attached hydrogens (tertiary/aromatic N) is 2. The predicted molar refractivity (Wildman–Crippen MR) is 324 cm³/mol. The molecule has 0 unspecified atom stereocenters. The molecule has 0 saturated carbocycles. The molecule has 11 aromatic carbocycles. The van der Waals surface area contributed by atoms with E-state index in [0.717, 1.165) is 17.1 Å². The number of hydrogen-bond acceptors (Lipinski definition) is 1. The molecule has 0 N–H and O–H groups in total. The van der Waals surface area contributed by atoms with Crippen LogP contribution in [0.1, 0.15) is 74.9 Å². The van der Waals surface area contributed by atoms with Gasteiger partial charge in [0.1, 0.15) is 0 Å². The Morgan fingerprint density at radius 1 is 0.286 bits per heavy atom. The monoisotopic (exact) mass is 986 g/mol. The number of anilines is 3. The summed E-state index contributed by atoms with van der Waals surface area (Å²) in [6, 6.07) is 91.0. The first-order valence-corrected chi connectivity index (χ1v) is 27.3. The fourth-order valence-electron chi connectivity index (χ4n) is 14.1. The van der Waals surface area contributed by atoms with Gasteiger partial charge in [-0.05, 0) is 179 Å². The molecule has 3 aliphatic rings. The Bertz CT molecular complexity index is 4380. The number of hydrogen-bond donors (Lipinski definition) is 0. The minimum Gasteiger partial charge on any atom is -0.310 e. The van der Waals surface area contributed by atoms with E-state index in [0.29, 0.717) is 0 Å². The quantitative estimate of drug-likeness (QED) is 0.154. The third-order valence-corrected chi connectivity index (χ3v) is 18.0. The molecule has 77 heavy (non-hydrogen) atoms. The van der Waals surface area contributed by atoms with Gasteiger partial charge in [-0.3, -0.25) is 0 Å². The van der Waals surface area contributed by atoms with Gasteiger partial charge in [0.05, 0.1) is 11.0 Å². The molecule has 0 bridgehead atoms. The van der Waals surface area contributed by atoms with Gasteiger partial charge in [-0.15, -0.1) is 0 Å². The van der Waals surface area contributed by atoms with Crippen LogP contribution < -0.4 is 4.90 Å². The van der Waals surface area contributed by atoms with E-state index < -0.39 is 0 Å². The molecule has 0 atom stereocenters. The smallest absolute Gasteiger partial charge is 0.0541 e. The normalized spacial score (nSPS) is 14.7. The molecule has 12 aromatic rings. The highest BCUT2D eigenvalue weighted by atomic mass is 15.1. The summed E-state index contributed by atoms with van der Waals surface area (Å²) in [6.07, 6.45) is 0. The van der Waals surface area contributed by atoms with Crippen molar-refractivity contribution in [2.45, 2.75) is 57.8 Å². The molecule has 0 spiro atoms. The summed E-state index contributed by atoms with van der Waals surface area (Å²) in [5.74, 6) is 0. The van der Waals surface area contributed by atoms with Crippen LogP contribution >= 0.6 is 0 Å². The summed E-state index contributed by atoms with van der Waals surface area (Å²) in [5.41, 5.74) is 30.2. The number of fused-ring (bicyclic) bond motifs is 12. The minimum absolute atomic E-state index is 0.143. The van der Waals surface area contributed by atoms with Gasteiger partial charge in [0.25, 0.3) is 0 Å². The van der Waals surface area contributed by atoms with Gasteiger partial charge in [-0.2, -0.15) is 0 Å². The van der Waals surface area contributed by atoms with Crippen molar-refractivity contribution in [3.8, 4) is 72.4 Å². The Hall–Kier alpha value is -8.98. The van der Waals surface area contributed by atoms with Gasteiger partial charge in [-0.1, -0.05) is 205 Å². The Morgan fingerprint density at radius 2 is 0.766 bits per heavy atom. The van der Waals surface area contributed by atoms with Crippen molar-refractivity contribution in [2.24, 2.45) is 0 Å². The van der Waals surface area contributed by atoms with Crippen LogP contribution in [-0.4, -0.2) is 4.57 Å². The summed E-state index contributed by atoms with van der Waals surface area (Å²) in [4.78, 5) is 2.50. The SMILES string of the molecule is CC1(C)c2ccccc2-c2ccc(N(c3ccc(-c4ccc5c(c4)c4ccccc4n5-c4ccccc4)cc3)c3ccc4c(c3)C(C)(C)c3cc5c(cc3-4)C(C)(C)c3c(-c4ccccc4)ccc(-c4ccccc4)c3-5)cc21. The Morgan fingerprint density at radius 3 is 1.47 bits per heavy atom. The lowest BCUT2D eigenvalue weighted by molar-refractivity contribution is 0.653. The number of aromatic nitrogens is 1. The zero-order chi connectivity index (χ0) is 52.0. The lowest BCUT2D eigenvalue weighted by Gasteiger charge is -2.30. The summed E-state index contributed by atoms with van der Waals surface area (Å²) >= 11 is 0. The van der Waals surface area contributed by atoms with Crippen LogP contribution in [0.3, 0.4) is 0 Å². The molecule has 0 saturated heterocycles. The maximum absolute atomic E-state index is 2.58. The van der Waals surface area contributed by atoms with Crippen molar-refractivity contribution < 1.29 is 0 Å². The molecule has 368 valence electrons. The van der Waals surface area contributed by atoms with Gasteiger partial charge in [0.2, 0.25) is 0 Å². The lowest BCUT2D eigenvalue weighted by atomic mass is 9.77. The van der Waals surface area contributed by atoms with Crippen molar-refractivity contribution in [3.05, 3.63) is 276 Å². The standard InChI is InChI=1S/C75H58N2/c1-73(2)64-28-18-16-26-57(64)58-37-35-53(43-65(58)73)76(52-33-30-47(31-34-52)50-32-41-70-62(42-50)60-27-17-19-29-69(60)77(70)51-24-14-9-15-25-51)54-36-38-59-61-45-68-63(46-67(61)74(3,4)66(59)44-54)71-55(48-20-10-7-11-21-48)39-40-56(72(71)75(68,5)6)49-22-12-8-13-23-49/h7-46H,1-6H3. The average Bonchev–Trinajstić information content (AvgIpc) is 4.29. The Labute approximate surface area is 452 Å². The zero-order valence-electron chi connectivity index (χ0n) is 44.5. The van der Waals surface area contributed by atoms with E-state index in [-0.39, 0.29) is 16.2 Å². The van der Waals surface area contributed by atoms with Crippen LogP contribution in [0.5, 0.6) is 0 Å². The summed E-state index contributed by atoms with van der Waals surface area (Å²) in [7, 11) is 0. The van der Waals surface area contributed by atoms with E-state index in [1.54, 1.807) is 0 Å². The largest absolute Gasteiger partial charge is 0.310 e. The second-order valence-corrected chi connectivity index (χ2v) is 23.3. The lowest BCUT2D eigenvalue weighted by Crippen LogP contribution is -2.18. The van der Waals surface area contributed by atoms with Crippen LogP contribution in [0.4, 0.5) is 17.1 Å². The molecule has 0 radical (unpaired) electrons. The maximum Gasteiger partial charge on any atom is 0.0541 e. The molecule has 3 aliphatic carbocycles. The molecule has 15 rings (SSSR count). The van der Waals surface area contributed by atoms with E-state index in [1.165, 1.54) is 128 Å². The van der Waals surface area contributed by atoms with E-state index in [2.05, 4.69) is 294 Å². The van der Waals surface area contributed by atoms with E-state index >= 15 is 0 Å². The number of para-hydroxylation sites is 2. The highest BCUT2D eigenvalue weighted by Crippen LogP contribution is 2.60. The second-order valence-electron chi connectivity index (χ2n) is 23.3. The molecule has 2 nitrogen and oxygen atoms in total. The first kappa shape index (κ1) is 45.4. The fraction of sp³-hybridized carbons (Fsp3) is 0.120. The third kappa shape index (κ3) is 6.61. The summed E-state index contributed by atoms with van der Waals surface area (Å²) < 4.78 is 2.39. The van der Waals surface area contributed by atoms with Crippen molar-refractivity contribution in [3.63, 3.8) is 0 Å². The van der Waals surface area contributed by atoms with Crippen LogP contribution in [0.25, 0.3) is 94.3 Å². The highest BCUT2D eigenvalue weighted by molar-refractivity contribution is 6.10. The predicted octanol–water partition coefficient (Wildman–Crippen LogP) is 20.2. The van der Waals surface area contributed by atoms with Gasteiger partial charge in [0.15, 0.2) is 0 Å². The van der Waals surface area contributed by atoms with Crippen LogP contribution in [0, 0.1) is 0 Å². The number of benzene rings is 11. The van der Waals surface area contributed by atoms with Gasteiger partial charge >= 0.3 is 0 Å². The minimum atomic E-state index is -0.272. The van der Waals surface area contributed by atoms with E-state index in [9.17, 15) is 0 Å². The van der Waals surface area contributed by atoms with Gasteiger partial charge in [0, 0.05) is 49.8 Å². The fourth-order valence-corrected chi connectivity index (χ4v) is 14.1. The van der Waals surface area contributed by atoms with E-state index in [4.69, 9.17) is 0 Å². The van der Waals surface area contributed by atoms with E-state index in [1.807, 2.05) is 0 Å². The van der Waals surface area contributed by atoms with Crippen molar-refractivity contribution in [2.75, 3.05) is 4.90 Å². The molecular formula is C75H58N2. The molecule has 0 amide bonds. The van der Waals surface area contributed by atoms with Crippen LogP contribution in [0.2, 0.25) is 0 Å². The van der Waals surface area contributed by atoms with Gasteiger partial charge in [-0.25, -0.2) is 0 Å². The van der Waals surface area contributed by atoms with Crippen molar-refractivity contribution in [1.29, 1.82) is 0 Å². The zero-order valence-corrected chi connectivity index (χ0v) is 44.5. The number of rotatable bonds is 7. The second kappa shape index (κ2) is 16.5. The molecule has 0 aliphatic heterocycles. The first-order chi connectivity index (χ1) is 37.5. The molecule has 0 fully saturated rings. The average molecular weight is 987 g/mol. The summed E-state index contributed by atoms with van der Waals surface area (Å²) in [5, 5.41) is 2.51. The third-order valence-electron chi connectivity index (χ3n) is 18.0. The molecule has 1 aromatic heterocycles. The molecule has 1 heterocycles. The molecular weight excluding hydrogens is 929 g/mol. The summed E-state index contributed by atoms with van der Waals surface area (Å²) in [6.45, 7) is 14.5. The first-order valence-electron chi connectivity index (χ1n) is 27.3. The van der Waals surface area contributed by atoms with Crippen molar-refractivity contribution in [1.82, 2.24) is 4.57 Å². The van der Waals surface area contributed by atoms with Crippen LogP contribution in [0.15, 0.2) is 243 Å².